The molecular formula is C16H23N3OS. The molecule has 114 valence electrons. The minimum atomic E-state index is 0.314. The second kappa shape index (κ2) is 7.52. The standard InChI is InChI=1S/C16H23N3OS/c1-11(2)16-18-9-15(14(19-16)8-17-12(3)4)20-10-13-6-5-7-21-13/h5-7,9,11-12,17H,8,10H2,1-4H3. The summed E-state index contributed by atoms with van der Waals surface area (Å²) >= 11 is 1.69. The Morgan fingerprint density at radius 3 is 2.71 bits per heavy atom. The Morgan fingerprint density at radius 2 is 2.10 bits per heavy atom. The van der Waals surface area contributed by atoms with Crippen LogP contribution < -0.4 is 10.1 Å². The molecule has 0 aliphatic rings. The van der Waals surface area contributed by atoms with Gasteiger partial charge in [-0.3, -0.25) is 0 Å². The molecule has 0 aromatic carbocycles. The van der Waals surface area contributed by atoms with Gasteiger partial charge in [-0.15, -0.1) is 11.3 Å². The van der Waals surface area contributed by atoms with Gasteiger partial charge in [0, 0.05) is 23.4 Å². The molecule has 0 fully saturated rings. The maximum Gasteiger partial charge on any atom is 0.160 e. The SMILES string of the molecule is CC(C)NCc1nc(C(C)C)ncc1OCc1cccs1. The molecule has 2 aromatic heterocycles. The molecule has 21 heavy (non-hydrogen) atoms. The third-order valence-electron chi connectivity index (χ3n) is 2.99. The second-order valence-electron chi connectivity index (χ2n) is 5.60. The van der Waals surface area contributed by atoms with Crippen molar-refractivity contribution in [1.29, 1.82) is 0 Å². The summed E-state index contributed by atoms with van der Waals surface area (Å²) in [5.41, 5.74) is 0.930. The zero-order valence-electron chi connectivity index (χ0n) is 13.1. The number of nitrogens with zero attached hydrogens (tertiary/aromatic N) is 2. The van der Waals surface area contributed by atoms with E-state index in [2.05, 4.69) is 54.4 Å². The van der Waals surface area contributed by atoms with Crippen molar-refractivity contribution in [3.63, 3.8) is 0 Å². The van der Waals surface area contributed by atoms with Crippen molar-refractivity contribution >= 4 is 11.3 Å². The van der Waals surface area contributed by atoms with Crippen molar-refractivity contribution < 1.29 is 4.74 Å². The number of ether oxygens (including phenoxy) is 1. The maximum atomic E-state index is 5.89. The number of rotatable bonds is 7. The first-order valence-electron chi connectivity index (χ1n) is 7.30. The lowest BCUT2D eigenvalue weighted by molar-refractivity contribution is 0.301. The average molecular weight is 305 g/mol. The third-order valence-corrected chi connectivity index (χ3v) is 3.84. The zero-order valence-corrected chi connectivity index (χ0v) is 13.9. The number of aromatic nitrogens is 2. The molecule has 4 nitrogen and oxygen atoms in total. The average Bonchev–Trinajstić information content (AvgIpc) is 2.96. The van der Waals surface area contributed by atoms with Crippen molar-refractivity contribution in [3.05, 3.63) is 40.1 Å². The van der Waals surface area contributed by atoms with Crippen molar-refractivity contribution in [2.45, 2.75) is 52.8 Å². The lowest BCUT2D eigenvalue weighted by atomic mass is 10.2. The summed E-state index contributed by atoms with van der Waals surface area (Å²) in [6.45, 7) is 9.70. The number of nitrogens with one attached hydrogen (secondary N) is 1. The lowest BCUT2D eigenvalue weighted by Gasteiger charge is -2.14. The van der Waals surface area contributed by atoms with E-state index in [1.165, 1.54) is 4.88 Å². The Bertz CT molecular complexity index is 553. The normalized spacial score (nSPS) is 11.3. The monoisotopic (exact) mass is 305 g/mol. The fraction of sp³-hybridized carbons (Fsp3) is 0.500. The Kier molecular flexibility index (Phi) is 5.70. The molecule has 0 radical (unpaired) electrons. The van der Waals surface area contributed by atoms with E-state index in [4.69, 9.17) is 4.74 Å². The topological polar surface area (TPSA) is 47.0 Å². The molecule has 1 N–H and O–H groups in total. The number of thiophene rings is 1. The predicted molar refractivity (Wildman–Crippen MR) is 86.7 cm³/mol. The van der Waals surface area contributed by atoms with Crippen LogP contribution in [-0.2, 0) is 13.2 Å². The molecule has 0 spiro atoms. The molecule has 0 atom stereocenters. The maximum absolute atomic E-state index is 5.89. The van der Waals surface area contributed by atoms with Crippen LogP contribution in [0.5, 0.6) is 5.75 Å². The van der Waals surface area contributed by atoms with Crippen LogP contribution in [0.4, 0.5) is 0 Å². The summed E-state index contributed by atoms with van der Waals surface area (Å²) in [5.74, 6) is 1.94. The second-order valence-corrected chi connectivity index (χ2v) is 6.63. The molecule has 0 amide bonds. The molecule has 0 saturated heterocycles. The van der Waals surface area contributed by atoms with Gasteiger partial charge in [-0.1, -0.05) is 33.8 Å². The van der Waals surface area contributed by atoms with E-state index in [1.54, 1.807) is 17.5 Å². The van der Waals surface area contributed by atoms with Crippen LogP contribution in [0, 0.1) is 0 Å². The molecule has 0 bridgehead atoms. The van der Waals surface area contributed by atoms with Crippen molar-refractivity contribution in [3.8, 4) is 5.75 Å². The highest BCUT2D eigenvalue weighted by Crippen LogP contribution is 2.21. The Morgan fingerprint density at radius 1 is 1.29 bits per heavy atom. The molecule has 0 aliphatic carbocycles. The Hall–Kier alpha value is -1.46. The molecular weight excluding hydrogens is 282 g/mol. The van der Waals surface area contributed by atoms with Gasteiger partial charge in [-0.2, -0.15) is 0 Å². The smallest absolute Gasteiger partial charge is 0.160 e. The number of hydrogen-bond acceptors (Lipinski definition) is 5. The van der Waals surface area contributed by atoms with Gasteiger partial charge in [0.2, 0.25) is 0 Å². The zero-order chi connectivity index (χ0) is 15.2. The van der Waals surface area contributed by atoms with Crippen LogP contribution in [0.3, 0.4) is 0 Å². The fourth-order valence-electron chi connectivity index (χ4n) is 1.79. The van der Waals surface area contributed by atoms with E-state index in [9.17, 15) is 0 Å². The van der Waals surface area contributed by atoms with Crippen molar-refractivity contribution in [1.82, 2.24) is 15.3 Å². The molecule has 0 aliphatic heterocycles. The van der Waals surface area contributed by atoms with Crippen molar-refractivity contribution in [2.75, 3.05) is 0 Å². The molecule has 2 heterocycles. The highest BCUT2D eigenvalue weighted by molar-refractivity contribution is 7.09. The number of hydrogen-bond donors (Lipinski definition) is 1. The summed E-state index contributed by atoms with van der Waals surface area (Å²) in [6.07, 6.45) is 1.80. The summed E-state index contributed by atoms with van der Waals surface area (Å²) in [5, 5.41) is 5.45. The van der Waals surface area contributed by atoms with Crippen LogP contribution in [0.2, 0.25) is 0 Å². The van der Waals surface area contributed by atoms with E-state index in [0.29, 0.717) is 25.1 Å². The fourth-order valence-corrected chi connectivity index (χ4v) is 2.41. The first-order chi connectivity index (χ1) is 10.1. The molecule has 0 unspecified atom stereocenters. The molecule has 2 aromatic rings. The van der Waals surface area contributed by atoms with Gasteiger partial charge in [0.1, 0.15) is 12.4 Å². The highest BCUT2D eigenvalue weighted by atomic mass is 32.1. The summed E-state index contributed by atoms with van der Waals surface area (Å²) in [7, 11) is 0. The minimum absolute atomic E-state index is 0.314. The van der Waals surface area contributed by atoms with Gasteiger partial charge in [0.15, 0.2) is 5.75 Å². The van der Waals surface area contributed by atoms with E-state index in [-0.39, 0.29) is 0 Å². The van der Waals surface area contributed by atoms with Gasteiger partial charge in [-0.25, -0.2) is 9.97 Å². The van der Waals surface area contributed by atoms with Crippen LogP contribution in [0.25, 0.3) is 0 Å². The van der Waals surface area contributed by atoms with Gasteiger partial charge in [-0.05, 0) is 11.4 Å². The largest absolute Gasteiger partial charge is 0.484 e. The van der Waals surface area contributed by atoms with Gasteiger partial charge < -0.3 is 10.1 Å². The van der Waals surface area contributed by atoms with Gasteiger partial charge >= 0.3 is 0 Å². The summed E-state index contributed by atoms with van der Waals surface area (Å²) < 4.78 is 5.89. The molecule has 0 saturated carbocycles. The Labute approximate surface area is 130 Å². The van der Waals surface area contributed by atoms with Gasteiger partial charge in [0.25, 0.3) is 0 Å². The third kappa shape index (κ3) is 4.79. The first-order valence-corrected chi connectivity index (χ1v) is 8.18. The summed E-state index contributed by atoms with van der Waals surface area (Å²) in [6, 6.07) is 4.51. The molecule has 2 rings (SSSR count). The van der Waals surface area contributed by atoms with Crippen LogP contribution in [0.15, 0.2) is 23.7 Å². The first kappa shape index (κ1) is 15.9. The van der Waals surface area contributed by atoms with E-state index < -0.39 is 0 Å². The summed E-state index contributed by atoms with van der Waals surface area (Å²) in [4.78, 5) is 10.3. The minimum Gasteiger partial charge on any atom is -0.484 e. The van der Waals surface area contributed by atoms with E-state index in [1.807, 2.05) is 6.07 Å². The van der Waals surface area contributed by atoms with Crippen molar-refractivity contribution in [2.24, 2.45) is 0 Å². The van der Waals surface area contributed by atoms with Crippen LogP contribution in [-0.4, -0.2) is 16.0 Å². The van der Waals surface area contributed by atoms with E-state index >= 15 is 0 Å². The molecule has 5 heteroatoms. The van der Waals surface area contributed by atoms with E-state index in [0.717, 1.165) is 17.3 Å². The van der Waals surface area contributed by atoms with Crippen LogP contribution in [0.1, 0.15) is 50.0 Å². The van der Waals surface area contributed by atoms with Crippen LogP contribution >= 0.6 is 11.3 Å². The Balaban J connectivity index is 2.13. The quantitative estimate of drug-likeness (QED) is 0.846. The highest BCUT2D eigenvalue weighted by Gasteiger charge is 2.11. The van der Waals surface area contributed by atoms with Gasteiger partial charge in [0.05, 0.1) is 11.9 Å². The predicted octanol–water partition coefficient (Wildman–Crippen LogP) is 3.74. The lowest BCUT2D eigenvalue weighted by Crippen LogP contribution is -2.23.